The van der Waals surface area contributed by atoms with E-state index in [1.165, 1.54) is 98.4 Å². The molecule has 10 rings (SSSR count). The highest BCUT2D eigenvalue weighted by atomic mass is 14.3. The molecule has 0 unspecified atom stereocenters. The highest BCUT2D eigenvalue weighted by Gasteiger charge is 2.23. The van der Waals surface area contributed by atoms with Gasteiger partial charge in [-0.1, -0.05) is 152 Å². The van der Waals surface area contributed by atoms with E-state index >= 15 is 0 Å². The van der Waals surface area contributed by atoms with Crippen LogP contribution >= 0.6 is 0 Å². The van der Waals surface area contributed by atoms with E-state index < -0.39 is 0 Å². The zero-order chi connectivity index (χ0) is 30.9. The molecule has 0 aliphatic heterocycles. The average Bonchev–Trinajstić information content (AvgIpc) is 3.57. The summed E-state index contributed by atoms with van der Waals surface area (Å²) in [5.74, 6) is 0. The molecular weight excluding hydrogens is 565 g/mol. The molecule has 0 heteroatoms. The van der Waals surface area contributed by atoms with Crippen LogP contribution in [-0.4, -0.2) is 0 Å². The van der Waals surface area contributed by atoms with E-state index in [0.29, 0.717) is 0 Å². The van der Waals surface area contributed by atoms with Gasteiger partial charge in [0.15, 0.2) is 0 Å². The van der Waals surface area contributed by atoms with Gasteiger partial charge in [0.1, 0.15) is 0 Å². The number of benzene rings is 9. The van der Waals surface area contributed by atoms with Crippen molar-refractivity contribution in [3.8, 4) is 22.3 Å². The molecule has 0 amide bonds. The lowest BCUT2D eigenvalue weighted by Crippen LogP contribution is -1.96. The molecule has 0 aromatic heterocycles. The molecule has 0 saturated heterocycles. The van der Waals surface area contributed by atoms with Crippen molar-refractivity contribution in [1.29, 1.82) is 0 Å². The molecule has 0 bridgehead atoms. The van der Waals surface area contributed by atoms with E-state index in [9.17, 15) is 0 Å². The fraction of sp³-hybridized carbons (Fsp3) is 0.0213. The van der Waals surface area contributed by atoms with Crippen LogP contribution in [0.4, 0.5) is 0 Å². The molecule has 0 nitrogen and oxygen atoms in total. The predicted molar refractivity (Wildman–Crippen MR) is 203 cm³/mol. The Morgan fingerprint density at radius 1 is 0.340 bits per heavy atom. The Labute approximate surface area is 273 Å². The molecule has 9 aromatic rings. The lowest BCUT2D eigenvalue weighted by atomic mass is 9.82. The van der Waals surface area contributed by atoms with Crippen molar-refractivity contribution >= 4 is 65.5 Å². The molecule has 218 valence electrons. The second-order valence-corrected chi connectivity index (χ2v) is 12.9. The summed E-state index contributed by atoms with van der Waals surface area (Å²) in [6.45, 7) is 0. The van der Waals surface area contributed by atoms with Gasteiger partial charge >= 0.3 is 0 Å². The van der Waals surface area contributed by atoms with Crippen molar-refractivity contribution in [2.24, 2.45) is 0 Å². The Bertz CT molecular complexity index is 2760. The minimum Gasteiger partial charge on any atom is -0.0619 e. The summed E-state index contributed by atoms with van der Waals surface area (Å²) >= 11 is 0. The third-order valence-corrected chi connectivity index (χ3v) is 10.2. The molecular formula is C47H30. The first-order valence-corrected chi connectivity index (χ1v) is 16.5. The Hall–Kier alpha value is -5.98. The van der Waals surface area contributed by atoms with Crippen LogP contribution in [0.25, 0.3) is 87.8 Å². The van der Waals surface area contributed by atoms with E-state index in [1.54, 1.807) is 0 Å². The van der Waals surface area contributed by atoms with Gasteiger partial charge < -0.3 is 0 Å². The first-order chi connectivity index (χ1) is 23.3. The molecule has 0 radical (unpaired) electrons. The fourth-order valence-electron chi connectivity index (χ4n) is 7.98. The third kappa shape index (κ3) is 4.15. The number of hydrogen-bond donors (Lipinski definition) is 0. The van der Waals surface area contributed by atoms with Gasteiger partial charge in [-0.05, 0) is 123 Å². The maximum Gasteiger partial charge on any atom is -0.00132 e. The van der Waals surface area contributed by atoms with Crippen molar-refractivity contribution in [3.63, 3.8) is 0 Å². The highest BCUT2D eigenvalue weighted by molar-refractivity contribution is 6.27. The van der Waals surface area contributed by atoms with Crippen LogP contribution in [0.5, 0.6) is 0 Å². The fourth-order valence-corrected chi connectivity index (χ4v) is 7.98. The SMILES string of the molecule is C1=C(c2c3cc(-c4ccc5ccccc5c4)ccc3c(-c3ccc4ccccc4c3)c3ccc4ccccc4c23)Cc2ccccc21. The second kappa shape index (κ2) is 10.3. The zero-order valence-electron chi connectivity index (χ0n) is 25.9. The van der Waals surface area contributed by atoms with Crippen LogP contribution in [-0.2, 0) is 6.42 Å². The van der Waals surface area contributed by atoms with Gasteiger partial charge in [0.2, 0.25) is 0 Å². The van der Waals surface area contributed by atoms with E-state index in [0.717, 1.165) is 6.42 Å². The Morgan fingerprint density at radius 2 is 0.915 bits per heavy atom. The minimum absolute atomic E-state index is 0.930. The maximum atomic E-state index is 2.46. The number of fused-ring (bicyclic) bond motifs is 7. The van der Waals surface area contributed by atoms with Crippen LogP contribution in [0.1, 0.15) is 16.7 Å². The van der Waals surface area contributed by atoms with Gasteiger partial charge in [-0.15, -0.1) is 0 Å². The molecule has 0 fully saturated rings. The molecule has 0 atom stereocenters. The number of allylic oxidation sites excluding steroid dienone is 1. The summed E-state index contributed by atoms with van der Waals surface area (Å²) in [6.07, 6.45) is 3.36. The Kier molecular flexibility index (Phi) is 5.74. The third-order valence-electron chi connectivity index (χ3n) is 10.2. The standard InChI is InChI=1S/C47H30/c1-3-12-33-25-37(19-17-30(33)9-1)38-22-23-42-44(29-38)46(40-27-35-14-5-6-15-36(35)28-40)47-41-16-8-7-11-32(41)21-24-43(47)45(42)39-20-18-31-10-2-4-13-34(31)26-39/h1-27,29H,28H2. The van der Waals surface area contributed by atoms with Gasteiger partial charge in [0.05, 0.1) is 0 Å². The number of hydrogen-bond acceptors (Lipinski definition) is 0. The Balaban J connectivity index is 1.36. The summed E-state index contributed by atoms with van der Waals surface area (Å²) in [5.41, 5.74) is 10.5. The summed E-state index contributed by atoms with van der Waals surface area (Å²) in [5, 5.41) is 12.9. The molecule has 1 aliphatic rings. The van der Waals surface area contributed by atoms with Gasteiger partial charge in [-0.3, -0.25) is 0 Å². The van der Waals surface area contributed by atoms with Gasteiger partial charge in [0.25, 0.3) is 0 Å². The highest BCUT2D eigenvalue weighted by Crippen LogP contribution is 2.48. The smallest absolute Gasteiger partial charge is 0.00132 e. The van der Waals surface area contributed by atoms with E-state index in [-0.39, 0.29) is 0 Å². The first kappa shape index (κ1) is 26.3. The molecule has 47 heavy (non-hydrogen) atoms. The second-order valence-electron chi connectivity index (χ2n) is 12.9. The lowest BCUT2D eigenvalue weighted by Gasteiger charge is -2.21. The Morgan fingerprint density at radius 3 is 1.70 bits per heavy atom. The van der Waals surface area contributed by atoms with Crippen molar-refractivity contribution in [3.05, 3.63) is 180 Å². The van der Waals surface area contributed by atoms with E-state index in [2.05, 4.69) is 170 Å². The quantitative estimate of drug-likeness (QED) is 0.141. The van der Waals surface area contributed by atoms with Crippen LogP contribution in [0.3, 0.4) is 0 Å². The molecule has 1 aliphatic carbocycles. The lowest BCUT2D eigenvalue weighted by molar-refractivity contribution is 1.33. The zero-order valence-corrected chi connectivity index (χ0v) is 25.9. The van der Waals surface area contributed by atoms with Gasteiger partial charge in [-0.2, -0.15) is 0 Å². The molecule has 0 heterocycles. The first-order valence-electron chi connectivity index (χ1n) is 16.5. The van der Waals surface area contributed by atoms with Crippen LogP contribution < -0.4 is 0 Å². The summed E-state index contributed by atoms with van der Waals surface area (Å²) in [6, 6.07) is 60.8. The topological polar surface area (TPSA) is 0 Å². The molecule has 9 aromatic carbocycles. The maximum absolute atomic E-state index is 2.46. The normalized spacial score (nSPS) is 12.7. The van der Waals surface area contributed by atoms with E-state index in [1.807, 2.05) is 0 Å². The number of rotatable bonds is 3. The van der Waals surface area contributed by atoms with E-state index in [4.69, 9.17) is 0 Å². The molecule has 0 saturated carbocycles. The van der Waals surface area contributed by atoms with Crippen molar-refractivity contribution in [1.82, 2.24) is 0 Å². The van der Waals surface area contributed by atoms with Crippen LogP contribution in [0.15, 0.2) is 164 Å². The largest absolute Gasteiger partial charge is 0.0619 e. The summed E-state index contributed by atoms with van der Waals surface area (Å²) < 4.78 is 0. The summed E-state index contributed by atoms with van der Waals surface area (Å²) in [7, 11) is 0. The van der Waals surface area contributed by atoms with Gasteiger partial charge in [-0.25, -0.2) is 0 Å². The molecule has 0 spiro atoms. The minimum atomic E-state index is 0.930. The summed E-state index contributed by atoms with van der Waals surface area (Å²) in [4.78, 5) is 0. The van der Waals surface area contributed by atoms with Crippen molar-refractivity contribution in [2.75, 3.05) is 0 Å². The van der Waals surface area contributed by atoms with Crippen molar-refractivity contribution < 1.29 is 0 Å². The predicted octanol–water partition coefficient (Wildman–Crippen LogP) is 12.9. The monoisotopic (exact) mass is 594 g/mol. The van der Waals surface area contributed by atoms with Crippen molar-refractivity contribution in [2.45, 2.75) is 6.42 Å². The van der Waals surface area contributed by atoms with Crippen LogP contribution in [0, 0.1) is 0 Å². The molecule has 0 N–H and O–H groups in total. The van der Waals surface area contributed by atoms with Crippen LogP contribution in [0.2, 0.25) is 0 Å². The van der Waals surface area contributed by atoms with Gasteiger partial charge in [0, 0.05) is 0 Å². The average molecular weight is 595 g/mol.